The number of hydrogen-bond donors (Lipinski definition) is 1. The number of carbonyl (C=O) groups is 1. The molecule has 0 saturated carbocycles. The molecule has 3 rings (SSSR count). The van der Waals surface area contributed by atoms with Crippen molar-refractivity contribution in [2.45, 2.75) is 23.9 Å². The van der Waals surface area contributed by atoms with E-state index in [9.17, 15) is 26.4 Å². The van der Waals surface area contributed by atoms with Crippen LogP contribution in [0, 0.1) is 0 Å². The normalized spacial score (nSPS) is 12.1. The van der Waals surface area contributed by atoms with Gasteiger partial charge >= 0.3 is 6.18 Å². The molecule has 1 N–H and O–H groups in total. The van der Waals surface area contributed by atoms with Crippen LogP contribution in [0.1, 0.15) is 16.7 Å². The minimum absolute atomic E-state index is 0.0193. The van der Waals surface area contributed by atoms with E-state index in [1.165, 1.54) is 42.6 Å². The largest absolute Gasteiger partial charge is 0.416 e. The average Bonchev–Trinajstić information content (AvgIpc) is 3.22. The lowest BCUT2D eigenvalue weighted by Gasteiger charge is -2.12. The van der Waals surface area contributed by atoms with Crippen LogP contribution in [0.25, 0.3) is 11.1 Å². The second-order valence-electron chi connectivity index (χ2n) is 6.63. The lowest BCUT2D eigenvalue weighted by atomic mass is 9.95. The van der Waals surface area contributed by atoms with Gasteiger partial charge in [-0.15, -0.1) is 0 Å². The molecule has 3 aromatic rings. The number of halogens is 3. The summed E-state index contributed by atoms with van der Waals surface area (Å²) in [5, 5.41) is 3.74. The molecule has 0 saturated heterocycles. The van der Waals surface area contributed by atoms with Crippen LogP contribution >= 0.6 is 11.3 Å². The smallest absolute Gasteiger partial charge is 0.299 e. The summed E-state index contributed by atoms with van der Waals surface area (Å²) in [7, 11) is -2.41. The van der Waals surface area contributed by atoms with Crippen molar-refractivity contribution in [2.24, 2.45) is 0 Å². The third-order valence-corrected chi connectivity index (χ3v) is 6.63. The molecule has 158 valence electrons. The first-order valence-corrected chi connectivity index (χ1v) is 11.3. The molecule has 4 nitrogen and oxygen atoms in total. The van der Waals surface area contributed by atoms with E-state index < -0.39 is 21.8 Å². The van der Waals surface area contributed by atoms with E-state index in [2.05, 4.69) is 4.72 Å². The number of benzene rings is 2. The summed E-state index contributed by atoms with van der Waals surface area (Å²) in [6.45, 7) is 0. The first-order valence-electron chi connectivity index (χ1n) is 8.87. The molecule has 0 amide bonds. The van der Waals surface area contributed by atoms with Gasteiger partial charge in [-0.25, -0.2) is 13.1 Å². The second-order valence-corrected chi connectivity index (χ2v) is 9.30. The topological polar surface area (TPSA) is 63.2 Å². The molecule has 1 heterocycles. The van der Waals surface area contributed by atoms with Crippen LogP contribution in [-0.2, 0) is 33.8 Å². The average molecular weight is 454 g/mol. The molecule has 0 aliphatic carbocycles. The van der Waals surface area contributed by atoms with Gasteiger partial charge in [0, 0.05) is 12.8 Å². The molecule has 1 aromatic heterocycles. The molecular formula is C21H18F3NO3S2. The van der Waals surface area contributed by atoms with Crippen LogP contribution in [0.15, 0.2) is 64.2 Å². The van der Waals surface area contributed by atoms with Crippen LogP contribution in [-0.4, -0.2) is 21.2 Å². The van der Waals surface area contributed by atoms with Crippen LogP contribution in [0.2, 0.25) is 0 Å². The lowest BCUT2D eigenvalue weighted by molar-refractivity contribution is -0.137. The molecule has 0 spiro atoms. The highest BCUT2D eigenvalue weighted by Crippen LogP contribution is 2.31. The fourth-order valence-corrected chi connectivity index (χ4v) is 4.50. The molecule has 0 bridgehead atoms. The highest BCUT2D eigenvalue weighted by molar-refractivity contribution is 7.89. The molecule has 2 aromatic carbocycles. The maximum absolute atomic E-state index is 12.9. The van der Waals surface area contributed by atoms with Gasteiger partial charge in [0.1, 0.15) is 5.78 Å². The van der Waals surface area contributed by atoms with E-state index in [-0.39, 0.29) is 29.1 Å². The molecule has 0 unspecified atom stereocenters. The van der Waals surface area contributed by atoms with Gasteiger partial charge in [0.05, 0.1) is 10.5 Å². The molecule has 0 atom stereocenters. The van der Waals surface area contributed by atoms with Crippen LogP contribution in [0.3, 0.4) is 0 Å². The molecule has 9 heteroatoms. The maximum atomic E-state index is 12.9. The van der Waals surface area contributed by atoms with Crippen molar-refractivity contribution >= 4 is 27.1 Å². The molecule has 0 aliphatic heterocycles. The third-order valence-electron chi connectivity index (χ3n) is 4.53. The number of alkyl halides is 3. The summed E-state index contributed by atoms with van der Waals surface area (Å²) >= 11 is 1.46. The van der Waals surface area contributed by atoms with Crippen molar-refractivity contribution < 1.29 is 26.4 Å². The van der Waals surface area contributed by atoms with E-state index in [0.717, 1.165) is 17.7 Å². The highest BCUT2D eigenvalue weighted by atomic mass is 32.2. The van der Waals surface area contributed by atoms with Crippen LogP contribution in [0.4, 0.5) is 13.2 Å². The lowest BCUT2D eigenvalue weighted by Crippen LogP contribution is -2.19. The van der Waals surface area contributed by atoms with Gasteiger partial charge in [-0.05, 0) is 64.3 Å². The number of ketones is 1. The molecular weight excluding hydrogens is 435 g/mol. The monoisotopic (exact) mass is 453 g/mol. The standard InChI is InChI=1S/C21H18F3NO3S2/c1-25-30(27,28)19-5-6-20(15-7-8-29-13-15)16(12-19)11-18(26)10-14-3-2-4-17(9-14)21(22,23)24/h2-9,12-13,25H,10-11H2,1H3. The highest BCUT2D eigenvalue weighted by Gasteiger charge is 2.30. The van der Waals surface area contributed by atoms with E-state index in [0.29, 0.717) is 11.1 Å². The van der Waals surface area contributed by atoms with E-state index in [1.807, 2.05) is 16.8 Å². The van der Waals surface area contributed by atoms with Crippen molar-refractivity contribution in [3.8, 4) is 11.1 Å². The minimum atomic E-state index is -4.49. The number of hydrogen-bond acceptors (Lipinski definition) is 4. The number of nitrogens with one attached hydrogen (secondary N) is 1. The SMILES string of the molecule is CNS(=O)(=O)c1ccc(-c2ccsc2)c(CC(=O)Cc2cccc(C(F)(F)F)c2)c1. The maximum Gasteiger partial charge on any atom is 0.416 e. The van der Waals surface area contributed by atoms with E-state index in [4.69, 9.17) is 0 Å². The van der Waals surface area contributed by atoms with Gasteiger partial charge in [0.2, 0.25) is 10.0 Å². The van der Waals surface area contributed by atoms with E-state index in [1.54, 1.807) is 6.07 Å². The zero-order chi connectivity index (χ0) is 21.9. The van der Waals surface area contributed by atoms with Gasteiger partial charge in [0.25, 0.3) is 0 Å². The number of thiophene rings is 1. The van der Waals surface area contributed by atoms with Crippen molar-refractivity contribution in [1.82, 2.24) is 4.72 Å². The third kappa shape index (κ3) is 5.16. The summed E-state index contributed by atoms with van der Waals surface area (Å²) in [4.78, 5) is 12.7. The number of Topliss-reactive ketones (excluding diaryl/α,β-unsaturated/α-hetero) is 1. The zero-order valence-corrected chi connectivity index (χ0v) is 17.5. The summed E-state index contributed by atoms with van der Waals surface area (Å²) < 4.78 is 65.3. The zero-order valence-electron chi connectivity index (χ0n) is 15.9. The Bertz CT molecular complexity index is 1150. The summed E-state index contributed by atoms with van der Waals surface area (Å²) in [5.74, 6) is -0.315. The molecule has 0 aliphatic rings. The first-order chi connectivity index (χ1) is 14.1. The summed E-state index contributed by atoms with van der Waals surface area (Å²) in [6, 6.07) is 11.0. The van der Waals surface area contributed by atoms with Gasteiger partial charge in [-0.2, -0.15) is 24.5 Å². The quantitative estimate of drug-likeness (QED) is 0.564. The van der Waals surface area contributed by atoms with Crippen LogP contribution in [0.5, 0.6) is 0 Å². The molecule has 0 radical (unpaired) electrons. The Labute approximate surface area is 176 Å². The second kappa shape index (κ2) is 8.71. The summed E-state index contributed by atoms with van der Waals surface area (Å²) in [6.07, 6.45) is -4.77. The minimum Gasteiger partial charge on any atom is -0.299 e. The van der Waals surface area contributed by atoms with Crippen LogP contribution < -0.4 is 4.72 Å². The molecule has 30 heavy (non-hydrogen) atoms. The van der Waals surface area contributed by atoms with Gasteiger partial charge in [0.15, 0.2) is 0 Å². The fourth-order valence-electron chi connectivity index (χ4n) is 3.06. The van der Waals surface area contributed by atoms with Gasteiger partial charge < -0.3 is 0 Å². The summed E-state index contributed by atoms with van der Waals surface area (Å²) in [5.41, 5.74) is 1.50. The molecule has 0 fully saturated rings. The van der Waals surface area contributed by atoms with Crippen molar-refractivity contribution in [1.29, 1.82) is 0 Å². The Hall–Kier alpha value is -2.49. The Morgan fingerprint density at radius 3 is 2.47 bits per heavy atom. The van der Waals surface area contributed by atoms with Gasteiger partial charge in [-0.1, -0.05) is 24.3 Å². The van der Waals surface area contributed by atoms with E-state index >= 15 is 0 Å². The Morgan fingerprint density at radius 2 is 1.83 bits per heavy atom. The predicted molar refractivity (Wildman–Crippen MR) is 110 cm³/mol. The number of carbonyl (C=O) groups excluding carboxylic acids is 1. The van der Waals surface area contributed by atoms with Crippen molar-refractivity contribution in [2.75, 3.05) is 7.05 Å². The fraction of sp³-hybridized carbons (Fsp3) is 0.190. The van der Waals surface area contributed by atoms with Crippen molar-refractivity contribution in [3.05, 3.63) is 76.0 Å². The number of sulfonamides is 1. The Balaban J connectivity index is 1.91. The Kier molecular flexibility index (Phi) is 6.44. The van der Waals surface area contributed by atoms with Crippen molar-refractivity contribution in [3.63, 3.8) is 0 Å². The Morgan fingerprint density at radius 1 is 1.07 bits per heavy atom. The predicted octanol–water partition coefficient (Wildman–Crippen LogP) is 4.70. The van der Waals surface area contributed by atoms with Gasteiger partial charge in [-0.3, -0.25) is 4.79 Å². The number of rotatable bonds is 7. The first kappa shape index (κ1) is 22.2.